The summed E-state index contributed by atoms with van der Waals surface area (Å²) in [6, 6.07) is 18.1. The molecule has 0 heteroatoms. The third-order valence-corrected chi connectivity index (χ3v) is 3.64. The van der Waals surface area contributed by atoms with E-state index in [4.69, 9.17) is 0 Å². The highest BCUT2D eigenvalue weighted by molar-refractivity contribution is 5.98. The summed E-state index contributed by atoms with van der Waals surface area (Å²) in [5.41, 5.74) is 2.73. The van der Waals surface area contributed by atoms with Gasteiger partial charge in [-0.05, 0) is 52.1 Å². The second kappa shape index (κ2) is 10.0. The Morgan fingerprint density at radius 3 is 1.61 bits per heavy atom. The molecule has 0 aliphatic rings. The molecule has 0 bridgehead atoms. The lowest BCUT2D eigenvalue weighted by Gasteiger charge is -2.08. The Morgan fingerprint density at radius 2 is 1.09 bits per heavy atom. The van der Waals surface area contributed by atoms with Gasteiger partial charge >= 0.3 is 0 Å². The molecule has 23 heavy (non-hydrogen) atoms. The van der Waals surface area contributed by atoms with Crippen molar-refractivity contribution in [1.82, 2.24) is 0 Å². The first-order valence-corrected chi connectivity index (χ1v) is 7.57. The van der Waals surface area contributed by atoms with Crippen LogP contribution in [0.4, 0.5) is 0 Å². The lowest BCUT2D eigenvalue weighted by Crippen LogP contribution is -1.87. The van der Waals surface area contributed by atoms with Crippen molar-refractivity contribution in [3.05, 3.63) is 59.7 Å². The van der Waals surface area contributed by atoms with E-state index in [0.717, 1.165) is 0 Å². The first kappa shape index (κ1) is 23.4. The van der Waals surface area contributed by atoms with Crippen molar-refractivity contribution in [3.63, 3.8) is 0 Å². The van der Waals surface area contributed by atoms with Crippen molar-refractivity contribution in [3.8, 4) is 0 Å². The fraction of sp³-hybridized carbons (Fsp3) is 0.391. The highest BCUT2D eigenvalue weighted by Gasteiger charge is 2.02. The summed E-state index contributed by atoms with van der Waals surface area (Å²) in [6.45, 7) is 10.6. The number of hydrogen-bond acceptors (Lipinski definition) is 0. The number of fused-ring (bicyclic) bond motifs is 2. The first-order valence-electron chi connectivity index (χ1n) is 7.57. The van der Waals surface area contributed by atoms with Crippen LogP contribution in [-0.2, 0) is 0 Å². The molecular formula is C23H36. The van der Waals surface area contributed by atoms with Gasteiger partial charge in [0.05, 0.1) is 0 Å². The molecule has 128 valence electrons. The Hall–Kier alpha value is -1.82. The monoisotopic (exact) mass is 312 g/mol. The van der Waals surface area contributed by atoms with Crippen molar-refractivity contribution >= 4 is 21.5 Å². The van der Waals surface area contributed by atoms with E-state index in [-0.39, 0.29) is 22.3 Å². The summed E-state index contributed by atoms with van der Waals surface area (Å²) in [4.78, 5) is 0. The maximum Gasteiger partial charge on any atom is -0.0175 e. The molecule has 0 radical (unpaired) electrons. The van der Waals surface area contributed by atoms with Crippen LogP contribution in [0.5, 0.6) is 0 Å². The summed E-state index contributed by atoms with van der Waals surface area (Å²) < 4.78 is 0. The van der Waals surface area contributed by atoms with E-state index in [1.165, 1.54) is 32.7 Å². The van der Waals surface area contributed by atoms with Gasteiger partial charge in [-0.3, -0.25) is 0 Å². The van der Waals surface area contributed by atoms with Crippen LogP contribution in [0.1, 0.15) is 67.0 Å². The standard InChI is InChI=1S/C18H18.C2H6.3CH4/c1-12(2)14-6-7-16-10-17-8-13(3)4-5-15(17)11-18(16)9-14;1-2;;;/h4-12H,1-3H3;1-2H3;3*1H4. The van der Waals surface area contributed by atoms with Gasteiger partial charge in [0.15, 0.2) is 0 Å². The van der Waals surface area contributed by atoms with Crippen LogP contribution >= 0.6 is 0 Å². The van der Waals surface area contributed by atoms with Crippen molar-refractivity contribution in [2.45, 2.75) is 62.8 Å². The summed E-state index contributed by atoms with van der Waals surface area (Å²) in [5.74, 6) is 0.586. The fourth-order valence-electron chi connectivity index (χ4n) is 2.49. The van der Waals surface area contributed by atoms with Gasteiger partial charge in [-0.25, -0.2) is 0 Å². The van der Waals surface area contributed by atoms with Crippen molar-refractivity contribution in [2.24, 2.45) is 0 Å². The highest BCUT2D eigenvalue weighted by atomic mass is 14.1. The van der Waals surface area contributed by atoms with Gasteiger partial charge in [-0.1, -0.05) is 91.9 Å². The van der Waals surface area contributed by atoms with Crippen molar-refractivity contribution < 1.29 is 0 Å². The molecule has 3 rings (SSSR count). The van der Waals surface area contributed by atoms with Gasteiger partial charge in [-0.2, -0.15) is 0 Å². The van der Waals surface area contributed by atoms with E-state index in [1.54, 1.807) is 0 Å². The van der Waals surface area contributed by atoms with Crippen LogP contribution in [0.3, 0.4) is 0 Å². The molecule has 0 aromatic heterocycles. The predicted molar refractivity (Wildman–Crippen MR) is 112 cm³/mol. The quantitative estimate of drug-likeness (QED) is 0.396. The molecule has 3 aromatic carbocycles. The smallest absolute Gasteiger partial charge is 0.0175 e. The second-order valence-corrected chi connectivity index (χ2v) is 5.46. The minimum atomic E-state index is 0. The van der Waals surface area contributed by atoms with E-state index < -0.39 is 0 Å². The molecule has 0 nitrogen and oxygen atoms in total. The zero-order valence-electron chi connectivity index (χ0n) is 13.2. The molecule has 0 saturated heterocycles. The topological polar surface area (TPSA) is 0 Å². The highest BCUT2D eigenvalue weighted by Crippen LogP contribution is 2.26. The maximum absolute atomic E-state index is 2.32. The third kappa shape index (κ3) is 5.10. The van der Waals surface area contributed by atoms with Crippen LogP contribution < -0.4 is 0 Å². The van der Waals surface area contributed by atoms with Crippen LogP contribution in [0.15, 0.2) is 48.5 Å². The predicted octanol–water partition coefficient (Wildman–Crippen LogP) is 8.36. The Kier molecular flexibility index (Phi) is 10.2. The number of hydrogen-bond donors (Lipinski definition) is 0. The lowest BCUT2D eigenvalue weighted by molar-refractivity contribution is 0.869. The molecule has 0 spiro atoms. The minimum Gasteiger partial charge on any atom is -0.0776 e. The summed E-state index contributed by atoms with van der Waals surface area (Å²) in [5, 5.41) is 5.34. The molecule has 0 fully saturated rings. The van der Waals surface area contributed by atoms with E-state index in [0.29, 0.717) is 5.92 Å². The average molecular weight is 313 g/mol. The van der Waals surface area contributed by atoms with Gasteiger partial charge in [0.1, 0.15) is 0 Å². The van der Waals surface area contributed by atoms with Gasteiger partial charge < -0.3 is 0 Å². The summed E-state index contributed by atoms with van der Waals surface area (Å²) >= 11 is 0. The molecule has 0 amide bonds. The van der Waals surface area contributed by atoms with Crippen molar-refractivity contribution in [2.75, 3.05) is 0 Å². The molecule has 0 heterocycles. The summed E-state index contributed by atoms with van der Waals surface area (Å²) in [7, 11) is 0. The molecular weight excluding hydrogens is 276 g/mol. The molecule has 3 aromatic rings. The molecule has 0 aliphatic heterocycles. The fourth-order valence-corrected chi connectivity index (χ4v) is 2.49. The number of aryl methyl sites for hydroxylation is 1. The summed E-state index contributed by atoms with van der Waals surface area (Å²) in [6.07, 6.45) is 0. The molecule has 0 N–H and O–H groups in total. The van der Waals surface area contributed by atoms with Gasteiger partial charge in [0.2, 0.25) is 0 Å². The first-order chi connectivity index (χ1) is 9.63. The second-order valence-electron chi connectivity index (χ2n) is 5.46. The van der Waals surface area contributed by atoms with E-state index >= 15 is 0 Å². The maximum atomic E-state index is 2.32. The van der Waals surface area contributed by atoms with Crippen LogP contribution in [0.25, 0.3) is 21.5 Å². The minimum absolute atomic E-state index is 0. The molecule has 0 aliphatic carbocycles. The zero-order valence-corrected chi connectivity index (χ0v) is 13.2. The van der Waals surface area contributed by atoms with Crippen LogP contribution in [-0.4, -0.2) is 0 Å². The number of benzene rings is 3. The Morgan fingerprint density at radius 1 is 0.609 bits per heavy atom. The van der Waals surface area contributed by atoms with E-state index in [2.05, 4.69) is 69.3 Å². The molecule has 0 unspecified atom stereocenters. The van der Waals surface area contributed by atoms with E-state index in [9.17, 15) is 0 Å². The molecule has 0 saturated carbocycles. The Labute approximate surface area is 144 Å². The van der Waals surface area contributed by atoms with Gasteiger partial charge in [-0.15, -0.1) is 0 Å². The normalized spacial score (nSPS) is 9.30. The average Bonchev–Trinajstić information content (AvgIpc) is 2.46. The SMILES string of the molecule is C.C.C.CC.Cc1ccc2cc3cc(C(C)C)ccc3cc2c1. The van der Waals surface area contributed by atoms with Crippen molar-refractivity contribution in [1.29, 1.82) is 0 Å². The Balaban J connectivity index is 0. The lowest BCUT2D eigenvalue weighted by atomic mass is 9.97. The van der Waals surface area contributed by atoms with Gasteiger partial charge in [0, 0.05) is 0 Å². The van der Waals surface area contributed by atoms with E-state index in [1.807, 2.05) is 13.8 Å². The third-order valence-electron chi connectivity index (χ3n) is 3.64. The van der Waals surface area contributed by atoms with Crippen LogP contribution in [0.2, 0.25) is 0 Å². The van der Waals surface area contributed by atoms with Crippen LogP contribution in [0, 0.1) is 6.92 Å². The Bertz CT molecular complexity index is 721. The zero-order chi connectivity index (χ0) is 14.7. The largest absolute Gasteiger partial charge is 0.0776 e. The van der Waals surface area contributed by atoms with Gasteiger partial charge in [0.25, 0.3) is 0 Å². The number of rotatable bonds is 1. The molecule has 0 atom stereocenters.